The van der Waals surface area contributed by atoms with Crippen LogP contribution in [0.5, 0.6) is 11.5 Å². The number of rotatable bonds is 5. The van der Waals surface area contributed by atoms with Crippen molar-refractivity contribution in [3.63, 3.8) is 0 Å². The van der Waals surface area contributed by atoms with Gasteiger partial charge in [-0.15, -0.1) is 0 Å². The lowest BCUT2D eigenvalue weighted by Crippen LogP contribution is -2.13. The van der Waals surface area contributed by atoms with Crippen molar-refractivity contribution in [3.8, 4) is 17.6 Å². The molecule has 2 aromatic rings. The maximum absolute atomic E-state index is 12.3. The van der Waals surface area contributed by atoms with Crippen LogP contribution in [0.1, 0.15) is 5.56 Å². The molecule has 1 amide bonds. The van der Waals surface area contributed by atoms with E-state index in [0.29, 0.717) is 27.2 Å². The van der Waals surface area contributed by atoms with Gasteiger partial charge in [0, 0.05) is 10.2 Å². The van der Waals surface area contributed by atoms with Gasteiger partial charge in [-0.05, 0) is 35.9 Å². The van der Waals surface area contributed by atoms with Crippen LogP contribution in [0.4, 0.5) is 5.69 Å². The normalized spacial score (nSPS) is 10.7. The summed E-state index contributed by atoms with van der Waals surface area (Å²) in [7, 11) is 3.06. The number of para-hydroxylation sites is 1. The van der Waals surface area contributed by atoms with Gasteiger partial charge in [-0.2, -0.15) is 5.26 Å². The van der Waals surface area contributed by atoms with Gasteiger partial charge in [-0.3, -0.25) is 4.79 Å². The minimum atomic E-state index is -0.481. The number of methoxy groups -OCH3 is 2. The van der Waals surface area contributed by atoms with Crippen molar-refractivity contribution in [1.82, 2.24) is 0 Å². The zero-order chi connectivity index (χ0) is 17.5. The Balaban J connectivity index is 2.33. The van der Waals surface area contributed by atoms with E-state index >= 15 is 0 Å². The standard InChI is InChI=1S/C18H15BrN2O3/c1-23-16-9-12(15(19)10-17(16)24-2)8-13(11-20)18(22)21-14-6-4-3-5-7-14/h3-10H,1-2H3,(H,21,22)/b13-8-. The Hall–Kier alpha value is -2.78. The first-order chi connectivity index (χ1) is 11.6. The molecule has 1 N–H and O–H groups in total. The van der Waals surface area contributed by atoms with E-state index in [1.54, 1.807) is 36.4 Å². The minimum Gasteiger partial charge on any atom is -0.493 e. The molecule has 0 atom stereocenters. The number of anilines is 1. The average molecular weight is 387 g/mol. The average Bonchev–Trinajstić information content (AvgIpc) is 2.61. The van der Waals surface area contributed by atoms with Gasteiger partial charge in [0.25, 0.3) is 5.91 Å². The molecule has 6 heteroatoms. The molecule has 0 radical (unpaired) electrons. The molecule has 2 aromatic carbocycles. The number of nitrogens with one attached hydrogen (secondary N) is 1. The van der Waals surface area contributed by atoms with E-state index in [1.165, 1.54) is 20.3 Å². The topological polar surface area (TPSA) is 71.3 Å². The Morgan fingerprint density at radius 1 is 1.17 bits per heavy atom. The summed E-state index contributed by atoms with van der Waals surface area (Å²) in [6, 6.07) is 14.3. The fourth-order valence-electron chi connectivity index (χ4n) is 2.00. The van der Waals surface area contributed by atoms with Crippen LogP contribution in [0.2, 0.25) is 0 Å². The molecule has 0 aliphatic carbocycles. The summed E-state index contributed by atoms with van der Waals surface area (Å²) in [4.78, 5) is 12.3. The third kappa shape index (κ3) is 4.15. The second-order valence-corrected chi connectivity index (χ2v) is 5.57. The number of hydrogen-bond donors (Lipinski definition) is 1. The van der Waals surface area contributed by atoms with Crippen LogP contribution in [-0.4, -0.2) is 20.1 Å². The number of halogens is 1. The second kappa shape index (κ2) is 8.18. The summed E-state index contributed by atoms with van der Waals surface area (Å²) in [5.41, 5.74) is 1.23. The Morgan fingerprint density at radius 3 is 2.38 bits per heavy atom. The van der Waals surface area contributed by atoms with Gasteiger partial charge in [0.2, 0.25) is 0 Å². The molecule has 0 fully saturated rings. The highest BCUT2D eigenvalue weighted by Crippen LogP contribution is 2.34. The van der Waals surface area contributed by atoms with E-state index < -0.39 is 5.91 Å². The molecule has 24 heavy (non-hydrogen) atoms. The SMILES string of the molecule is COc1cc(Br)c(/C=C(/C#N)C(=O)Nc2ccccc2)cc1OC. The molecule has 2 rings (SSSR count). The quantitative estimate of drug-likeness (QED) is 0.622. The van der Waals surface area contributed by atoms with Crippen molar-refractivity contribution < 1.29 is 14.3 Å². The zero-order valence-electron chi connectivity index (χ0n) is 13.2. The molecule has 0 saturated carbocycles. The fourth-order valence-corrected chi connectivity index (χ4v) is 2.44. The molecular weight excluding hydrogens is 372 g/mol. The van der Waals surface area contributed by atoms with Crippen molar-refractivity contribution in [3.05, 3.63) is 58.1 Å². The van der Waals surface area contributed by atoms with Crippen LogP contribution in [-0.2, 0) is 4.79 Å². The number of nitrogens with zero attached hydrogens (tertiary/aromatic N) is 1. The zero-order valence-corrected chi connectivity index (χ0v) is 14.8. The summed E-state index contributed by atoms with van der Waals surface area (Å²) in [6.45, 7) is 0. The van der Waals surface area contributed by atoms with E-state index in [1.807, 2.05) is 12.1 Å². The smallest absolute Gasteiger partial charge is 0.266 e. The highest BCUT2D eigenvalue weighted by atomic mass is 79.9. The minimum absolute atomic E-state index is 0.0215. The lowest BCUT2D eigenvalue weighted by Gasteiger charge is -2.10. The number of carbonyl (C=O) groups is 1. The molecule has 0 aliphatic heterocycles. The molecule has 0 aliphatic rings. The van der Waals surface area contributed by atoms with E-state index in [9.17, 15) is 10.1 Å². The monoisotopic (exact) mass is 386 g/mol. The first-order valence-electron chi connectivity index (χ1n) is 6.98. The molecular formula is C18H15BrN2O3. The third-order valence-electron chi connectivity index (χ3n) is 3.20. The molecule has 0 aromatic heterocycles. The summed E-state index contributed by atoms with van der Waals surface area (Å²) in [6.07, 6.45) is 1.49. The lowest BCUT2D eigenvalue weighted by atomic mass is 10.1. The predicted molar refractivity (Wildman–Crippen MR) is 95.9 cm³/mol. The Labute approximate surface area is 148 Å². The molecule has 0 heterocycles. The Morgan fingerprint density at radius 2 is 1.79 bits per heavy atom. The molecule has 0 bridgehead atoms. The van der Waals surface area contributed by atoms with Gasteiger partial charge in [0.15, 0.2) is 11.5 Å². The number of hydrogen-bond acceptors (Lipinski definition) is 4. The fraction of sp³-hybridized carbons (Fsp3) is 0.111. The number of ether oxygens (including phenoxy) is 2. The summed E-state index contributed by atoms with van der Waals surface area (Å²) in [5.74, 6) is 0.576. The van der Waals surface area contributed by atoms with Crippen LogP contribution >= 0.6 is 15.9 Å². The van der Waals surface area contributed by atoms with E-state index in [4.69, 9.17) is 9.47 Å². The number of amides is 1. The molecule has 0 saturated heterocycles. The molecule has 122 valence electrons. The van der Waals surface area contributed by atoms with Gasteiger partial charge < -0.3 is 14.8 Å². The Kier molecular flexibility index (Phi) is 5.99. The van der Waals surface area contributed by atoms with Crippen LogP contribution in [0, 0.1) is 11.3 Å². The molecule has 0 spiro atoms. The highest BCUT2D eigenvalue weighted by molar-refractivity contribution is 9.10. The summed E-state index contributed by atoms with van der Waals surface area (Å²) < 4.78 is 11.1. The van der Waals surface area contributed by atoms with E-state index in [-0.39, 0.29) is 5.57 Å². The van der Waals surface area contributed by atoms with Gasteiger partial charge in [0.1, 0.15) is 11.6 Å². The van der Waals surface area contributed by atoms with Gasteiger partial charge in [0.05, 0.1) is 14.2 Å². The van der Waals surface area contributed by atoms with Crippen molar-refractivity contribution in [1.29, 1.82) is 5.26 Å². The largest absolute Gasteiger partial charge is 0.493 e. The van der Waals surface area contributed by atoms with Crippen LogP contribution < -0.4 is 14.8 Å². The maximum atomic E-state index is 12.3. The van der Waals surface area contributed by atoms with Gasteiger partial charge in [-0.25, -0.2) is 0 Å². The summed E-state index contributed by atoms with van der Waals surface area (Å²) >= 11 is 3.40. The highest BCUT2D eigenvalue weighted by Gasteiger charge is 2.13. The maximum Gasteiger partial charge on any atom is 0.266 e. The van der Waals surface area contributed by atoms with Gasteiger partial charge in [-0.1, -0.05) is 34.1 Å². The van der Waals surface area contributed by atoms with Crippen LogP contribution in [0.25, 0.3) is 6.08 Å². The third-order valence-corrected chi connectivity index (χ3v) is 3.89. The van der Waals surface area contributed by atoms with Crippen molar-refractivity contribution >= 4 is 33.6 Å². The number of carbonyl (C=O) groups excluding carboxylic acids is 1. The predicted octanol–water partition coefficient (Wildman–Crippen LogP) is 4.01. The van der Waals surface area contributed by atoms with Gasteiger partial charge >= 0.3 is 0 Å². The number of benzene rings is 2. The van der Waals surface area contributed by atoms with Crippen LogP contribution in [0.3, 0.4) is 0 Å². The Bertz CT molecular complexity index is 811. The first-order valence-corrected chi connectivity index (χ1v) is 7.78. The van der Waals surface area contributed by atoms with Crippen molar-refractivity contribution in [2.24, 2.45) is 0 Å². The van der Waals surface area contributed by atoms with Crippen molar-refractivity contribution in [2.75, 3.05) is 19.5 Å². The van der Waals surface area contributed by atoms with E-state index in [0.717, 1.165) is 0 Å². The second-order valence-electron chi connectivity index (χ2n) is 4.72. The van der Waals surface area contributed by atoms with E-state index in [2.05, 4.69) is 21.2 Å². The number of nitriles is 1. The van der Waals surface area contributed by atoms with Crippen LogP contribution in [0.15, 0.2) is 52.5 Å². The van der Waals surface area contributed by atoms with Crippen molar-refractivity contribution in [2.45, 2.75) is 0 Å². The summed E-state index contributed by atoms with van der Waals surface area (Å²) in [5, 5.41) is 12.0. The first kappa shape index (κ1) is 17.6. The lowest BCUT2D eigenvalue weighted by molar-refractivity contribution is -0.112. The molecule has 5 nitrogen and oxygen atoms in total. The molecule has 0 unspecified atom stereocenters.